The zero-order valence-corrected chi connectivity index (χ0v) is 21.1. The van der Waals surface area contributed by atoms with Gasteiger partial charge in [-0.3, -0.25) is 14.2 Å². The van der Waals surface area contributed by atoms with E-state index in [0.29, 0.717) is 24.1 Å². The monoisotopic (exact) mass is 482 g/mol. The van der Waals surface area contributed by atoms with Gasteiger partial charge >= 0.3 is 5.97 Å². The second-order valence-corrected chi connectivity index (χ2v) is 11.4. The molecule has 4 aliphatic carbocycles. The first kappa shape index (κ1) is 23.4. The molecule has 0 saturated heterocycles. The van der Waals surface area contributed by atoms with E-state index < -0.39 is 0 Å². The summed E-state index contributed by atoms with van der Waals surface area (Å²) in [5.74, 6) is 2.92. The van der Waals surface area contributed by atoms with Gasteiger partial charge < -0.3 is 10.1 Å². The first-order chi connectivity index (χ1) is 16.4. The molecule has 1 aromatic heterocycles. The summed E-state index contributed by atoms with van der Waals surface area (Å²) in [4.78, 5) is 25.5. The molecule has 4 bridgehead atoms. The highest BCUT2D eigenvalue weighted by Crippen LogP contribution is 2.60. The van der Waals surface area contributed by atoms with Crippen LogP contribution in [0.1, 0.15) is 62.4 Å². The summed E-state index contributed by atoms with van der Waals surface area (Å²) >= 11 is 1.31. The quantitative estimate of drug-likeness (QED) is 0.444. The third kappa shape index (κ3) is 4.49. The fourth-order valence-electron chi connectivity index (χ4n) is 6.77. The number of benzene rings is 1. The van der Waals surface area contributed by atoms with Gasteiger partial charge in [0.25, 0.3) is 0 Å². The molecule has 2 aromatic rings. The molecule has 0 spiro atoms. The first-order valence-corrected chi connectivity index (χ1v) is 13.4. The molecule has 34 heavy (non-hydrogen) atoms. The summed E-state index contributed by atoms with van der Waals surface area (Å²) in [5.41, 5.74) is 2.98. The lowest BCUT2D eigenvalue weighted by molar-refractivity contribution is -0.146. The van der Waals surface area contributed by atoms with E-state index in [0.717, 1.165) is 53.8 Å². The molecule has 0 radical (unpaired) electrons. The molecule has 7 nitrogen and oxygen atoms in total. The summed E-state index contributed by atoms with van der Waals surface area (Å²) in [6.07, 6.45) is 7.05. The Kier molecular flexibility index (Phi) is 6.44. The van der Waals surface area contributed by atoms with Gasteiger partial charge in [0, 0.05) is 5.41 Å². The Balaban J connectivity index is 1.37. The van der Waals surface area contributed by atoms with E-state index in [4.69, 9.17) is 4.74 Å². The topological polar surface area (TPSA) is 86.1 Å². The van der Waals surface area contributed by atoms with Crippen molar-refractivity contribution in [1.29, 1.82) is 0 Å². The lowest BCUT2D eigenvalue weighted by Crippen LogP contribution is -2.53. The maximum Gasteiger partial charge on any atom is 0.316 e. The van der Waals surface area contributed by atoms with Gasteiger partial charge in [-0.25, -0.2) is 0 Å². The molecule has 6 rings (SSSR count). The summed E-state index contributed by atoms with van der Waals surface area (Å²) in [6.45, 7) is 6.57. The predicted octanol–water partition coefficient (Wildman–Crippen LogP) is 4.37. The van der Waals surface area contributed by atoms with Crippen molar-refractivity contribution in [2.75, 3.05) is 12.4 Å². The number of aromatic nitrogens is 3. The maximum absolute atomic E-state index is 13.5. The molecule has 4 saturated carbocycles. The van der Waals surface area contributed by atoms with E-state index in [-0.39, 0.29) is 23.0 Å². The molecule has 0 atom stereocenters. The van der Waals surface area contributed by atoms with Gasteiger partial charge in [-0.15, -0.1) is 10.2 Å². The van der Waals surface area contributed by atoms with Crippen molar-refractivity contribution in [3.63, 3.8) is 0 Å². The molecule has 1 heterocycles. The van der Waals surface area contributed by atoms with Crippen LogP contribution >= 0.6 is 11.8 Å². The van der Waals surface area contributed by atoms with Crippen LogP contribution in [0.25, 0.3) is 5.69 Å². The van der Waals surface area contributed by atoms with Crippen molar-refractivity contribution in [3.05, 3.63) is 35.2 Å². The number of thioether (sulfide) groups is 1. The number of carbonyl (C=O) groups is 2. The average molecular weight is 483 g/mol. The number of nitrogens with zero attached hydrogens (tertiary/aromatic N) is 3. The normalized spacial score (nSPS) is 27.1. The summed E-state index contributed by atoms with van der Waals surface area (Å²) in [5, 5.41) is 12.7. The SMILES string of the molecule is CCOC(=O)CSc1nnc(CNC(=O)C23CC4CC(CC(C4)C2)C3)n1-c1cc(C)ccc1C. The Morgan fingerprint density at radius 3 is 2.44 bits per heavy atom. The third-order valence-corrected chi connectivity index (χ3v) is 8.76. The Morgan fingerprint density at radius 1 is 1.12 bits per heavy atom. The van der Waals surface area contributed by atoms with Gasteiger partial charge in [0.2, 0.25) is 5.91 Å². The number of hydrogen-bond acceptors (Lipinski definition) is 6. The van der Waals surface area contributed by atoms with Crippen LogP contribution in [-0.4, -0.2) is 39.0 Å². The molecule has 4 fully saturated rings. The Morgan fingerprint density at radius 2 is 1.79 bits per heavy atom. The van der Waals surface area contributed by atoms with Crippen LogP contribution in [0.4, 0.5) is 0 Å². The Hall–Kier alpha value is -2.35. The second-order valence-electron chi connectivity index (χ2n) is 10.5. The van der Waals surface area contributed by atoms with Crippen LogP contribution in [0, 0.1) is 37.0 Å². The van der Waals surface area contributed by atoms with E-state index in [1.807, 2.05) is 18.4 Å². The smallest absolute Gasteiger partial charge is 0.316 e. The van der Waals surface area contributed by atoms with Gasteiger partial charge in [0.05, 0.1) is 24.6 Å². The number of nitrogens with one attached hydrogen (secondary N) is 1. The number of esters is 1. The van der Waals surface area contributed by atoms with Gasteiger partial charge in [-0.05, 0) is 94.2 Å². The molecule has 182 valence electrons. The van der Waals surface area contributed by atoms with Crippen molar-refractivity contribution < 1.29 is 14.3 Å². The lowest BCUT2D eigenvalue weighted by Gasteiger charge is -2.55. The first-order valence-electron chi connectivity index (χ1n) is 12.5. The molecule has 0 unspecified atom stereocenters. The number of aryl methyl sites for hydroxylation is 2. The number of ether oxygens (including phenoxy) is 1. The van der Waals surface area contributed by atoms with Gasteiger partial charge in [0.15, 0.2) is 11.0 Å². The molecule has 1 aromatic carbocycles. The van der Waals surface area contributed by atoms with E-state index in [1.54, 1.807) is 6.92 Å². The van der Waals surface area contributed by atoms with E-state index in [9.17, 15) is 9.59 Å². The highest BCUT2D eigenvalue weighted by molar-refractivity contribution is 7.99. The summed E-state index contributed by atoms with van der Waals surface area (Å²) in [6, 6.07) is 6.24. The molecule has 0 aliphatic heterocycles. The van der Waals surface area contributed by atoms with Crippen molar-refractivity contribution in [3.8, 4) is 5.69 Å². The van der Waals surface area contributed by atoms with Crippen LogP contribution in [0.5, 0.6) is 0 Å². The number of rotatable bonds is 8. The van der Waals surface area contributed by atoms with Crippen LogP contribution in [-0.2, 0) is 20.9 Å². The zero-order valence-electron chi connectivity index (χ0n) is 20.3. The predicted molar refractivity (Wildman–Crippen MR) is 131 cm³/mol. The van der Waals surface area contributed by atoms with Crippen molar-refractivity contribution >= 4 is 23.6 Å². The molecule has 1 amide bonds. The summed E-state index contributed by atoms with van der Waals surface area (Å²) < 4.78 is 7.06. The van der Waals surface area contributed by atoms with Crippen LogP contribution in [0.2, 0.25) is 0 Å². The number of amides is 1. The van der Waals surface area contributed by atoms with Gasteiger partial charge in [-0.1, -0.05) is 23.9 Å². The van der Waals surface area contributed by atoms with Gasteiger partial charge in [-0.2, -0.15) is 0 Å². The fraction of sp³-hybridized carbons (Fsp3) is 0.615. The van der Waals surface area contributed by atoms with Crippen molar-refractivity contribution in [2.24, 2.45) is 23.2 Å². The van der Waals surface area contributed by atoms with E-state index in [1.165, 1.54) is 31.0 Å². The average Bonchev–Trinajstić information content (AvgIpc) is 3.19. The zero-order chi connectivity index (χ0) is 23.9. The standard InChI is InChI=1S/C26H34N4O3S/c1-4-33-23(31)15-34-25-29-28-22(30(25)21-7-16(2)5-6-17(21)3)14-27-24(32)26-11-18-8-19(12-26)10-20(9-18)13-26/h5-7,18-20H,4,8-15H2,1-3H3,(H,27,32). The van der Waals surface area contributed by atoms with Crippen molar-refractivity contribution in [2.45, 2.75) is 71.0 Å². The fourth-order valence-corrected chi connectivity index (χ4v) is 7.53. The minimum atomic E-state index is -0.278. The lowest BCUT2D eigenvalue weighted by atomic mass is 9.49. The molecule has 1 N–H and O–H groups in total. The van der Waals surface area contributed by atoms with Gasteiger partial charge in [0.1, 0.15) is 0 Å². The molecule has 4 aliphatic rings. The maximum atomic E-state index is 13.5. The largest absolute Gasteiger partial charge is 0.465 e. The minimum Gasteiger partial charge on any atom is -0.465 e. The van der Waals surface area contributed by atoms with Crippen LogP contribution in [0.15, 0.2) is 23.4 Å². The van der Waals surface area contributed by atoms with E-state index in [2.05, 4.69) is 33.7 Å². The highest BCUT2D eigenvalue weighted by atomic mass is 32.2. The minimum absolute atomic E-state index is 0.163. The molecule has 8 heteroatoms. The van der Waals surface area contributed by atoms with Crippen LogP contribution < -0.4 is 5.32 Å². The third-order valence-electron chi connectivity index (χ3n) is 7.86. The number of carbonyl (C=O) groups excluding carboxylic acids is 2. The number of hydrogen-bond donors (Lipinski definition) is 1. The van der Waals surface area contributed by atoms with Crippen molar-refractivity contribution in [1.82, 2.24) is 20.1 Å². The molecular weight excluding hydrogens is 448 g/mol. The Labute approximate surface area is 205 Å². The second kappa shape index (κ2) is 9.36. The summed E-state index contributed by atoms with van der Waals surface area (Å²) in [7, 11) is 0. The highest BCUT2D eigenvalue weighted by Gasteiger charge is 2.54. The van der Waals surface area contributed by atoms with E-state index >= 15 is 0 Å². The Bertz CT molecular complexity index is 1060. The molecular formula is C26H34N4O3S. The van der Waals surface area contributed by atoms with Crippen LogP contribution in [0.3, 0.4) is 0 Å².